The normalized spacial score (nSPS) is 11.6. The molecule has 0 radical (unpaired) electrons. The molecule has 0 aliphatic carbocycles. The van der Waals surface area contributed by atoms with Crippen molar-refractivity contribution >= 4 is 43.9 Å². The van der Waals surface area contributed by atoms with Gasteiger partial charge in [-0.3, -0.25) is 9.88 Å². The molecule has 5 heteroatoms. The number of halogens is 1. The van der Waals surface area contributed by atoms with Crippen LogP contribution in [0.2, 0.25) is 5.02 Å². The Labute approximate surface area is 174 Å². The average molecular weight is 411 g/mol. The molecule has 4 aromatic rings. The molecule has 0 saturated carbocycles. The highest BCUT2D eigenvalue weighted by Crippen LogP contribution is 2.41. The first-order chi connectivity index (χ1) is 13.7. The number of pyridine rings is 1. The summed E-state index contributed by atoms with van der Waals surface area (Å²) in [5.74, 6) is 0.834. The van der Waals surface area contributed by atoms with E-state index in [1.165, 1.54) is 10.1 Å². The van der Waals surface area contributed by atoms with Crippen molar-refractivity contribution < 1.29 is 4.74 Å². The number of benzene rings is 2. The van der Waals surface area contributed by atoms with Gasteiger partial charge in [0.25, 0.3) is 0 Å². The third-order valence-corrected chi connectivity index (χ3v) is 6.48. The van der Waals surface area contributed by atoms with Gasteiger partial charge in [-0.15, -0.1) is 11.3 Å². The number of hydrogen-bond acceptors (Lipinski definition) is 4. The fraction of sp³-hybridized carbons (Fsp3) is 0.261. The molecule has 0 N–H and O–H groups in total. The van der Waals surface area contributed by atoms with Crippen molar-refractivity contribution in [3.05, 3.63) is 58.6 Å². The molecule has 0 fully saturated rings. The fourth-order valence-corrected chi connectivity index (χ4v) is 4.69. The Morgan fingerprint density at radius 1 is 1.11 bits per heavy atom. The number of ether oxygens (including phenoxy) is 1. The Morgan fingerprint density at radius 2 is 1.93 bits per heavy atom. The van der Waals surface area contributed by atoms with Gasteiger partial charge < -0.3 is 4.74 Å². The van der Waals surface area contributed by atoms with Crippen LogP contribution in [-0.2, 0) is 6.54 Å². The minimum atomic E-state index is 0.786. The number of rotatable bonds is 6. The predicted molar refractivity (Wildman–Crippen MR) is 121 cm³/mol. The standard InChI is InChI=1S/C23H23ClN2OS/c1-4-26(5-2)14-16-7-6-15(12-18(16)24)22-20(27-3)9-8-19-23(22)17-10-11-28-21(17)13-25-19/h6-13H,4-5,14H2,1-3H3. The minimum absolute atomic E-state index is 0.786. The lowest BCUT2D eigenvalue weighted by atomic mass is 9.96. The van der Waals surface area contributed by atoms with Crippen LogP contribution in [0.3, 0.4) is 0 Å². The van der Waals surface area contributed by atoms with Gasteiger partial charge in [0, 0.05) is 34.1 Å². The first-order valence-electron chi connectivity index (χ1n) is 9.50. The summed E-state index contributed by atoms with van der Waals surface area (Å²) >= 11 is 8.40. The van der Waals surface area contributed by atoms with E-state index < -0.39 is 0 Å². The van der Waals surface area contributed by atoms with Gasteiger partial charge in [0.05, 0.1) is 17.3 Å². The number of aromatic nitrogens is 1. The van der Waals surface area contributed by atoms with E-state index in [0.29, 0.717) is 0 Å². The van der Waals surface area contributed by atoms with Gasteiger partial charge in [0.2, 0.25) is 0 Å². The number of methoxy groups -OCH3 is 1. The lowest BCUT2D eigenvalue weighted by Crippen LogP contribution is -2.22. The Hall–Kier alpha value is -2.14. The second-order valence-electron chi connectivity index (χ2n) is 6.76. The molecule has 4 rings (SSSR count). The maximum absolute atomic E-state index is 6.70. The van der Waals surface area contributed by atoms with E-state index in [0.717, 1.165) is 58.0 Å². The zero-order valence-corrected chi connectivity index (χ0v) is 17.9. The molecule has 2 heterocycles. The predicted octanol–water partition coefficient (Wildman–Crippen LogP) is 6.62. The molecule has 2 aromatic heterocycles. The SMILES string of the molecule is CCN(CC)Cc1ccc(-c2c(OC)ccc3ncc4sccc4c23)cc1Cl. The Morgan fingerprint density at radius 3 is 2.64 bits per heavy atom. The average Bonchev–Trinajstić information content (AvgIpc) is 3.21. The van der Waals surface area contributed by atoms with E-state index in [1.54, 1.807) is 18.4 Å². The van der Waals surface area contributed by atoms with Crippen molar-refractivity contribution in [3.63, 3.8) is 0 Å². The Kier molecular flexibility index (Phi) is 5.54. The van der Waals surface area contributed by atoms with E-state index in [-0.39, 0.29) is 0 Å². The summed E-state index contributed by atoms with van der Waals surface area (Å²) < 4.78 is 6.90. The summed E-state index contributed by atoms with van der Waals surface area (Å²) in [6.07, 6.45) is 1.94. The zero-order valence-electron chi connectivity index (χ0n) is 16.3. The van der Waals surface area contributed by atoms with Crippen molar-refractivity contribution in [2.45, 2.75) is 20.4 Å². The second-order valence-corrected chi connectivity index (χ2v) is 8.12. The molecule has 28 heavy (non-hydrogen) atoms. The lowest BCUT2D eigenvalue weighted by molar-refractivity contribution is 0.296. The number of thiophene rings is 1. The summed E-state index contributed by atoms with van der Waals surface area (Å²) in [7, 11) is 1.71. The van der Waals surface area contributed by atoms with Gasteiger partial charge in [-0.05, 0) is 53.9 Å². The number of fused-ring (bicyclic) bond motifs is 3. The van der Waals surface area contributed by atoms with Crippen LogP contribution in [0, 0.1) is 0 Å². The van der Waals surface area contributed by atoms with Crippen LogP contribution in [0.4, 0.5) is 0 Å². The van der Waals surface area contributed by atoms with Gasteiger partial charge in [-0.2, -0.15) is 0 Å². The summed E-state index contributed by atoms with van der Waals surface area (Å²) in [6.45, 7) is 7.22. The van der Waals surface area contributed by atoms with Crippen LogP contribution in [0.15, 0.2) is 48.0 Å². The van der Waals surface area contributed by atoms with Crippen molar-refractivity contribution in [2.75, 3.05) is 20.2 Å². The van der Waals surface area contributed by atoms with E-state index >= 15 is 0 Å². The van der Waals surface area contributed by atoms with Crippen LogP contribution in [0.1, 0.15) is 19.4 Å². The maximum atomic E-state index is 6.70. The number of nitrogens with zero attached hydrogens (tertiary/aromatic N) is 2. The number of hydrogen-bond donors (Lipinski definition) is 0. The van der Waals surface area contributed by atoms with Crippen LogP contribution < -0.4 is 4.74 Å². The smallest absolute Gasteiger partial charge is 0.127 e. The zero-order chi connectivity index (χ0) is 19.7. The third kappa shape index (κ3) is 3.37. The quantitative estimate of drug-likeness (QED) is 0.357. The molecule has 2 aromatic carbocycles. The largest absolute Gasteiger partial charge is 0.496 e. The van der Waals surface area contributed by atoms with Gasteiger partial charge in [0.15, 0.2) is 0 Å². The van der Waals surface area contributed by atoms with E-state index in [4.69, 9.17) is 16.3 Å². The van der Waals surface area contributed by atoms with Crippen LogP contribution >= 0.6 is 22.9 Å². The van der Waals surface area contributed by atoms with Crippen molar-refractivity contribution in [1.29, 1.82) is 0 Å². The summed E-state index contributed by atoms with van der Waals surface area (Å²) in [4.78, 5) is 7.02. The lowest BCUT2D eigenvalue weighted by Gasteiger charge is -2.19. The van der Waals surface area contributed by atoms with Crippen LogP contribution in [-0.4, -0.2) is 30.1 Å². The molecule has 0 spiro atoms. The fourth-order valence-electron chi connectivity index (χ4n) is 3.68. The molecule has 3 nitrogen and oxygen atoms in total. The van der Waals surface area contributed by atoms with Crippen molar-refractivity contribution in [2.24, 2.45) is 0 Å². The highest BCUT2D eigenvalue weighted by molar-refractivity contribution is 7.17. The van der Waals surface area contributed by atoms with Gasteiger partial charge in [-0.1, -0.05) is 37.6 Å². The molecule has 144 valence electrons. The molecular weight excluding hydrogens is 388 g/mol. The Bertz CT molecular complexity index is 1130. The van der Waals surface area contributed by atoms with Crippen molar-refractivity contribution in [3.8, 4) is 16.9 Å². The maximum Gasteiger partial charge on any atom is 0.127 e. The molecular formula is C23H23ClN2OS. The van der Waals surface area contributed by atoms with Gasteiger partial charge >= 0.3 is 0 Å². The molecule has 0 aliphatic rings. The van der Waals surface area contributed by atoms with E-state index in [1.807, 2.05) is 18.3 Å². The van der Waals surface area contributed by atoms with Gasteiger partial charge in [-0.25, -0.2) is 0 Å². The van der Waals surface area contributed by atoms with E-state index in [2.05, 4.69) is 53.4 Å². The third-order valence-electron chi connectivity index (χ3n) is 5.28. The Balaban J connectivity index is 1.91. The molecule has 0 aliphatic heterocycles. The second kappa shape index (κ2) is 8.08. The monoisotopic (exact) mass is 410 g/mol. The molecule has 0 bridgehead atoms. The summed E-state index contributed by atoms with van der Waals surface area (Å²) in [6, 6.07) is 12.5. The van der Waals surface area contributed by atoms with Crippen molar-refractivity contribution in [1.82, 2.24) is 9.88 Å². The highest BCUT2D eigenvalue weighted by atomic mass is 35.5. The molecule has 0 saturated heterocycles. The topological polar surface area (TPSA) is 25.4 Å². The first kappa shape index (κ1) is 19.2. The highest BCUT2D eigenvalue weighted by Gasteiger charge is 2.16. The summed E-state index contributed by atoms with van der Waals surface area (Å²) in [5.41, 5.74) is 4.21. The molecule has 0 unspecified atom stereocenters. The summed E-state index contributed by atoms with van der Waals surface area (Å²) in [5, 5.41) is 5.21. The van der Waals surface area contributed by atoms with Gasteiger partial charge in [0.1, 0.15) is 5.75 Å². The van der Waals surface area contributed by atoms with Crippen LogP contribution in [0.5, 0.6) is 5.75 Å². The molecule has 0 atom stereocenters. The molecule has 0 amide bonds. The van der Waals surface area contributed by atoms with Crippen LogP contribution in [0.25, 0.3) is 32.1 Å². The minimum Gasteiger partial charge on any atom is -0.496 e. The van der Waals surface area contributed by atoms with E-state index in [9.17, 15) is 0 Å². The first-order valence-corrected chi connectivity index (χ1v) is 10.8.